The Kier molecular flexibility index (Phi) is 6.59. The lowest BCUT2D eigenvalue weighted by Crippen LogP contribution is -2.41. The lowest BCUT2D eigenvalue weighted by atomic mass is 10.2. The van der Waals surface area contributed by atoms with E-state index in [9.17, 15) is 19.7 Å². The van der Waals surface area contributed by atoms with Gasteiger partial charge in [0.2, 0.25) is 5.91 Å². The molecule has 13 heteroatoms. The monoisotopic (exact) mass is 552 g/mol. The number of benzene rings is 2. The highest BCUT2D eigenvalue weighted by Gasteiger charge is 2.41. The Morgan fingerprint density at radius 1 is 1.17 bits per heavy atom. The molecule has 1 heterocycles. The normalized spacial score (nSPS) is 15.9. The number of carbonyl (C=O) groups excluding carboxylic acids is 2. The summed E-state index contributed by atoms with van der Waals surface area (Å²) in [7, 11) is 0. The van der Waals surface area contributed by atoms with Crippen LogP contribution >= 0.6 is 62.3 Å². The maximum atomic E-state index is 12.9. The summed E-state index contributed by atoms with van der Waals surface area (Å²) in [5.41, 5.74) is -0.234. The van der Waals surface area contributed by atoms with Gasteiger partial charge in [-0.1, -0.05) is 62.3 Å². The van der Waals surface area contributed by atoms with Gasteiger partial charge in [0, 0.05) is 24.1 Å². The Balaban J connectivity index is 2.16. The van der Waals surface area contributed by atoms with E-state index in [1.165, 1.54) is 31.2 Å². The number of nitrogens with zero attached hydrogens (tertiary/aromatic N) is 4. The van der Waals surface area contributed by atoms with Crippen LogP contribution in [-0.2, 0) is 9.59 Å². The number of anilines is 2. The van der Waals surface area contributed by atoms with Crippen LogP contribution in [0.2, 0.25) is 20.1 Å². The van der Waals surface area contributed by atoms with Crippen LogP contribution in [0.1, 0.15) is 6.92 Å². The molecule has 1 aliphatic heterocycles. The van der Waals surface area contributed by atoms with Crippen molar-refractivity contribution in [1.29, 1.82) is 0 Å². The molecule has 3 rings (SSSR count). The number of amidine groups is 1. The van der Waals surface area contributed by atoms with Crippen molar-refractivity contribution in [3.05, 3.63) is 60.5 Å². The average Bonchev–Trinajstić information content (AvgIpc) is 2.91. The zero-order chi connectivity index (χ0) is 22.3. The molecule has 0 bridgehead atoms. The zero-order valence-electron chi connectivity index (χ0n) is 14.8. The Morgan fingerprint density at radius 3 is 2.30 bits per heavy atom. The summed E-state index contributed by atoms with van der Waals surface area (Å²) in [6.45, 7) is 1.20. The van der Waals surface area contributed by atoms with Gasteiger partial charge in [-0.15, -0.1) is 5.10 Å². The number of rotatable bonds is 3. The fourth-order valence-corrected chi connectivity index (χ4v) is 4.39. The Hall–Kier alpha value is -1.91. The van der Waals surface area contributed by atoms with E-state index in [0.29, 0.717) is 0 Å². The number of hydrazone groups is 1. The van der Waals surface area contributed by atoms with Crippen molar-refractivity contribution in [2.75, 3.05) is 9.91 Å². The number of nitro benzene ring substituents is 1. The van der Waals surface area contributed by atoms with Crippen LogP contribution in [0.4, 0.5) is 17.1 Å². The first-order chi connectivity index (χ1) is 14.0. The molecule has 0 fully saturated rings. The van der Waals surface area contributed by atoms with Gasteiger partial charge < -0.3 is 0 Å². The van der Waals surface area contributed by atoms with Crippen LogP contribution < -0.4 is 9.91 Å². The number of alkyl halides is 1. The first kappa shape index (κ1) is 22.8. The number of amides is 2. The molecule has 1 aliphatic rings. The van der Waals surface area contributed by atoms with Crippen molar-refractivity contribution in [3.63, 3.8) is 0 Å². The maximum absolute atomic E-state index is 12.9. The van der Waals surface area contributed by atoms with E-state index in [4.69, 9.17) is 46.4 Å². The number of nitro groups is 1. The molecule has 30 heavy (non-hydrogen) atoms. The summed E-state index contributed by atoms with van der Waals surface area (Å²) in [6, 6.07) is 6.34. The predicted octanol–water partition coefficient (Wildman–Crippen LogP) is 5.69. The number of halogens is 5. The van der Waals surface area contributed by atoms with Crippen molar-refractivity contribution >= 4 is 97.0 Å². The van der Waals surface area contributed by atoms with Gasteiger partial charge in [-0.05, 0) is 18.2 Å². The molecule has 8 nitrogen and oxygen atoms in total. The quantitative estimate of drug-likeness (QED) is 0.277. The standard InChI is InChI=1S/C17H9BrCl4N4O4/c1-7(27)24(13-6-9(26(29)30)2-3-10(13)20)16-14(18)17(28)25(23-16)15-11(21)4-8(19)5-12(15)22/h2-6,14H,1H3. The van der Waals surface area contributed by atoms with Crippen LogP contribution in [0.15, 0.2) is 35.4 Å². The van der Waals surface area contributed by atoms with E-state index in [1.54, 1.807) is 0 Å². The molecule has 2 aromatic carbocycles. The van der Waals surface area contributed by atoms with Crippen LogP contribution in [0, 0.1) is 10.1 Å². The van der Waals surface area contributed by atoms with Gasteiger partial charge in [-0.25, -0.2) is 0 Å². The third-order valence-corrected chi connectivity index (χ3v) is 5.89. The maximum Gasteiger partial charge on any atom is 0.271 e. The van der Waals surface area contributed by atoms with Gasteiger partial charge in [0.1, 0.15) is 5.69 Å². The third kappa shape index (κ3) is 4.13. The Labute approximate surface area is 198 Å². The van der Waals surface area contributed by atoms with Crippen LogP contribution in [0.5, 0.6) is 0 Å². The fraction of sp³-hybridized carbons (Fsp3) is 0.118. The average molecular weight is 555 g/mol. The molecule has 0 spiro atoms. The van der Waals surface area contributed by atoms with Gasteiger partial charge in [0.15, 0.2) is 10.7 Å². The minimum absolute atomic E-state index is 0.00971. The van der Waals surface area contributed by atoms with Gasteiger partial charge in [0.05, 0.1) is 25.7 Å². The minimum atomic E-state index is -1.08. The SMILES string of the molecule is CC(=O)N(C1=NN(c2c(Cl)cc(Cl)cc2Cl)C(=O)C1Br)c1cc([N+](=O)[O-])ccc1Cl. The van der Waals surface area contributed by atoms with Crippen molar-refractivity contribution in [1.82, 2.24) is 0 Å². The summed E-state index contributed by atoms with van der Waals surface area (Å²) < 4.78 is 0. The number of carbonyl (C=O) groups is 2. The van der Waals surface area contributed by atoms with E-state index >= 15 is 0 Å². The minimum Gasteiger partial charge on any atom is -0.274 e. The molecule has 1 atom stereocenters. The molecule has 1 unspecified atom stereocenters. The highest BCUT2D eigenvalue weighted by Crippen LogP contribution is 2.40. The first-order valence-electron chi connectivity index (χ1n) is 7.98. The predicted molar refractivity (Wildman–Crippen MR) is 120 cm³/mol. The molecule has 0 aliphatic carbocycles. The van der Waals surface area contributed by atoms with Crippen molar-refractivity contribution in [2.45, 2.75) is 11.8 Å². The van der Waals surface area contributed by atoms with Crippen molar-refractivity contribution < 1.29 is 14.5 Å². The number of hydrogen-bond donors (Lipinski definition) is 0. The van der Waals surface area contributed by atoms with E-state index in [1.807, 2.05) is 0 Å². The largest absolute Gasteiger partial charge is 0.274 e. The van der Waals surface area contributed by atoms with E-state index in [0.717, 1.165) is 16.0 Å². The van der Waals surface area contributed by atoms with Crippen LogP contribution in [0.25, 0.3) is 0 Å². The second kappa shape index (κ2) is 8.68. The van der Waals surface area contributed by atoms with E-state index < -0.39 is 21.6 Å². The van der Waals surface area contributed by atoms with Crippen LogP contribution in [0.3, 0.4) is 0 Å². The van der Waals surface area contributed by atoms with Crippen molar-refractivity contribution in [3.8, 4) is 0 Å². The topological polar surface area (TPSA) is 96.1 Å². The lowest BCUT2D eigenvalue weighted by molar-refractivity contribution is -0.384. The summed E-state index contributed by atoms with van der Waals surface area (Å²) >= 11 is 27.7. The summed E-state index contributed by atoms with van der Waals surface area (Å²) in [5, 5.41) is 16.7. The first-order valence-corrected chi connectivity index (χ1v) is 10.4. The highest BCUT2D eigenvalue weighted by molar-refractivity contribution is 9.10. The van der Waals surface area contributed by atoms with Gasteiger partial charge >= 0.3 is 0 Å². The molecular weight excluding hydrogens is 546 g/mol. The summed E-state index contributed by atoms with van der Waals surface area (Å²) in [4.78, 5) is 35.7. The molecule has 0 N–H and O–H groups in total. The molecular formula is C17H9BrCl4N4O4. The molecule has 156 valence electrons. The fourth-order valence-electron chi connectivity index (χ4n) is 2.72. The molecule has 2 amide bonds. The van der Waals surface area contributed by atoms with Gasteiger partial charge in [0.25, 0.3) is 11.6 Å². The van der Waals surface area contributed by atoms with Gasteiger partial charge in [-0.2, -0.15) is 5.01 Å². The highest BCUT2D eigenvalue weighted by atomic mass is 79.9. The third-order valence-electron chi connectivity index (χ3n) is 3.97. The lowest BCUT2D eigenvalue weighted by Gasteiger charge is -2.22. The molecule has 0 aromatic heterocycles. The number of non-ortho nitro benzene ring substituents is 1. The van der Waals surface area contributed by atoms with Gasteiger partial charge in [-0.3, -0.25) is 24.6 Å². The van der Waals surface area contributed by atoms with E-state index in [2.05, 4.69) is 21.0 Å². The summed E-state index contributed by atoms with van der Waals surface area (Å²) in [6.07, 6.45) is 0. The Bertz CT molecular complexity index is 1100. The molecule has 2 aromatic rings. The molecule has 0 saturated carbocycles. The van der Waals surface area contributed by atoms with E-state index in [-0.39, 0.29) is 43.0 Å². The van der Waals surface area contributed by atoms with Crippen LogP contribution in [-0.4, -0.2) is 27.4 Å². The molecule has 0 saturated heterocycles. The Morgan fingerprint density at radius 2 is 1.77 bits per heavy atom. The molecule has 0 radical (unpaired) electrons. The number of hydrogen-bond acceptors (Lipinski definition) is 5. The second-order valence-corrected chi connectivity index (χ2v) is 8.51. The zero-order valence-corrected chi connectivity index (χ0v) is 19.4. The second-order valence-electron chi connectivity index (χ2n) is 5.94. The smallest absolute Gasteiger partial charge is 0.271 e. The van der Waals surface area contributed by atoms with Crippen molar-refractivity contribution in [2.24, 2.45) is 5.10 Å². The summed E-state index contributed by atoms with van der Waals surface area (Å²) in [5.74, 6) is -1.25.